The Morgan fingerprint density at radius 1 is 0.882 bits per heavy atom. The fourth-order valence-electron chi connectivity index (χ4n) is 3.33. The predicted octanol–water partition coefficient (Wildman–Crippen LogP) is 5.24. The van der Waals surface area contributed by atoms with Crippen LogP contribution < -0.4 is 5.32 Å². The number of hydrogen-bond acceptors (Lipinski definition) is 5. The van der Waals surface area contributed by atoms with Gasteiger partial charge in [-0.15, -0.1) is 0 Å². The Labute approximate surface area is 209 Å². The van der Waals surface area contributed by atoms with Crippen LogP contribution in [0.1, 0.15) is 36.6 Å². The third-order valence-corrected chi connectivity index (χ3v) is 6.09. The van der Waals surface area contributed by atoms with Gasteiger partial charge in [-0.2, -0.15) is 0 Å². The van der Waals surface area contributed by atoms with Crippen molar-refractivity contribution in [1.29, 1.82) is 0 Å². The third kappa shape index (κ3) is 4.92. The fourth-order valence-corrected chi connectivity index (χ4v) is 3.81. The molecule has 1 aliphatic rings. The van der Waals surface area contributed by atoms with Crippen LogP contribution in [0.15, 0.2) is 60.7 Å². The Kier molecular flexibility index (Phi) is 6.88. The van der Waals surface area contributed by atoms with Crippen LogP contribution in [-0.2, 0) is 16.1 Å². The molecule has 1 aliphatic heterocycles. The van der Waals surface area contributed by atoms with Crippen molar-refractivity contribution >= 4 is 64.2 Å². The first-order valence-electron chi connectivity index (χ1n) is 9.90. The second-order valence-corrected chi connectivity index (χ2v) is 8.53. The third-order valence-electron chi connectivity index (χ3n) is 5.02. The Balaban J connectivity index is 1.41. The molecule has 4 rings (SSSR count). The lowest BCUT2D eigenvalue weighted by Gasteiger charge is -2.13. The van der Waals surface area contributed by atoms with Gasteiger partial charge in [-0.1, -0.05) is 53.0 Å². The number of esters is 1. The number of nitrogens with zero attached hydrogens (tertiary/aromatic N) is 1. The number of nitrogens with one attached hydrogen (secondary N) is 1. The van der Waals surface area contributed by atoms with Crippen molar-refractivity contribution in [3.05, 3.63) is 98.0 Å². The molecule has 0 saturated carbocycles. The van der Waals surface area contributed by atoms with Gasteiger partial charge in [0.25, 0.3) is 17.7 Å². The maximum absolute atomic E-state index is 12.8. The molecule has 0 aliphatic carbocycles. The molecule has 0 unspecified atom stereocenters. The van der Waals surface area contributed by atoms with Gasteiger partial charge in [-0.3, -0.25) is 19.3 Å². The number of amides is 3. The van der Waals surface area contributed by atoms with Gasteiger partial charge in [0.1, 0.15) is 0 Å². The van der Waals surface area contributed by atoms with Crippen LogP contribution in [0.3, 0.4) is 0 Å². The van der Waals surface area contributed by atoms with Crippen molar-refractivity contribution in [2.24, 2.45) is 0 Å². The van der Waals surface area contributed by atoms with E-state index < -0.39 is 30.3 Å². The second kappa shape index (κ2) is 9.85. The standard InChI is InChI=1S/C24H15Cl3N2O5/c25-15-7-4-13(5-8-15)11-29-22(31)16-9-6-14(10-17(16)23(29)32)24(33)34-12-20(30)28-19-3-1-2-18(26)21(19)27/h1-10H,11-12H2,(H,28,30). The summed E-state index contributed by atoms with van der Waals surface area (Å²) < 4.78 is 5.04. The maximum Gasteiger partial charge on any atom is 0.338 e. The highest BCUT2D eigenvalue weighted by atomic mass is 35.5. The summed E-state index contributed by atoms with van der Waals surface area (Å²) in [5.41, 5.74) is 1.30. The van der Waals surface area contributed by atoms with Crippen LogP contribution in [0.5, 0.6) is 0 Å². The molecule has 3 aromatic carbocycles. The molecule has 0 atom stereocenters. The van der Waals surface area contributed by atoms with Gasteiger partial charge >= 0.3 is 5.97 Å². The largest absolute Gasteiger partial charge is 0.452 e. The number of fused-ring (bicyclic) bond motifs is 1. The molecular formula is C24H15Cl3N2O5. The minimum atomic E-state index is -0.827. The second-order valence-electron chi connectivity index (χ2n) is 7.31. The van der Waals surface area contributed by atoms with E-state index in [-0.39, 0.29) is 39.0 Å². The van der Waals surface area contributed by atoms with Crippen molar-refractivity contribution in [2.45, 2.75) is 6.54 Å². The monoisotopic (exact) mass is 516 g/mol. The van der Waals surface area contributed by atoms with Crippen LogP contribution in [0, 0.1) is 0 Å². The van der Waals surface area contributed by atoms with E-state index in [0.29, 0.717) is 5.02 Å². The number of anilines is 1. The molecule has 7 nitrogen and oxygen atoms in total. The van der Waals surface area contributed by atoms with Gasteiger partial charge < -0.3 is 10.1 Å². The molecule has 0 spiro atoms. The first-order chi connectivity index (χ1) is 16.2. The summed E-state index contributed by atoms with van der Waals surface area (Å²) in [6, 6.07) is 15.5. The zero-order chi connectivity index (χ0) is 24.4. The molecule has 10 heteroatoms. The number of carbonyl (C=O) groups is 4. The summed E-state index contributed by atoms with van der Waals surface area (Å²) in [6.45, 7) is -0.524. The van der Waals surface area contributed by atoms with E-state index in [9.17, 15) is 19.2 Å². The highest BCUT2D eigenvalue weighted by molar-refractivity contribution is 6.44. The van der Waals surface area contributed by atoms with Gasteiger partial charge in [0.15, 0.2) is 6.61 Å². The summed E-state index contributed by atoms with van der Waals surface area (Å²) in [5.74, 6) is -2.45. The number of imide groups is 1. The number of halogens is 3. The Bertz CT molecular complexity index is 1320. The quantitative estimate of drug-likeness (QED) is 0.357. The lowest BCUT2D eigenvalue weighted by Crippen LogP contribution is -2.29. The average Bonchev–Trinajstić information content (AvgIpc) is 3.06. The topological polar surface area (TPSA) is 92.8 Å². The van der Waals surface area contributed by atoms with Gasteiger partial charge in [-0.25, -0.2) is 4.79 Å². The van der Waals surface area contributed by atoms with Crippen molar-refractivity contribution in [3.63, 3.8) is 0 Å². The Hall–Kier alpha value is -3.39. The minimum absolute atomic E-state index is 0.0295. The average molecular weight is 518 g/mol. The normalized spacial score (nSPS) is 12.5. The molecule has 1 heterocycles. The van der Waals surface area contributed by atoms with Crippen LogP contribution in [-0.4, -0.2) is 35.2 Å². The first-order valence-corrected chi connectivity index (χ1v) is 11.0. The number of carbonyl (C=O) groups excluding carboxylic acids is 4. The van der Waals surface area contributed by atoms with E-state index in [1.165, 1.54) is 18.2 Å². The number of ether oxygens (including phenoxy) is 1. The lowest BCUT2D eigenvalue weighted by molar-refractivity contribution is -0.119. The minimum Gasteiger partial charge on any atom is -0.452 e. The van der Waals surface area contributed by atoms with E-state index in [1.54, 1.807) is 42.5 Å². The molecule has 3 aromatic rings. The Morgan fingerprint density at radius 2 is 1.59 bits per heavy atom. The summed E-state index contributed by atoms with van der Waals surface area (Å²) in [7, 11) is 0. The number of rotatable bonds is 6. The zero-order valence-corrected chi connectivity index (χ0v) is 19.6. The van der Waals surface area contributed by atoms with E-state index in [2.05, 4.69) is 5.32 Å². The van der Waals surface area contributed by atoms with Gasteiger partial charge in [-0.05, 0) is 48.0 Å². The Morgan fingerprint density at radius 3 is 2.32 bits per heavy atom. The van der Waals surface area contributed by atoms with Crippen molar-refractivity contribution in [3.8, 4) is 0 Å². The van der Waals surface area contributed by atoms with Crippen LogP contribution in [0.25, 0.3) is 0 Å². The smallest absolute Gasteiger partial charge is 0.338 e. The van der Waals surface area contributed by atoms with E-state index in [0.717, 1.165) is 10.5 Å². The van der Waals surface area contributed by atoms with E-state index in [4.69, 9.17) is 39.5 Å². The van der Waals surface area contributed by atoms with Gasteiger partial charge in [0, 0.05) is 5.02 Å². The summed E-state index contributed by atoms with van der Waals surface area (Å²) in [5, 5.41) is 3.46. The zero-order valence-electron chi connectivity index (χ0n) is 17.3. The molecule has 1 N–H and O–H groups in total. The van der Waals surface area contributed by atoms with Crippen molar-refractivity contribution in [2.75, 3.05) is 11.9 Å². The molecule has 3 amide bonds. The van der Waals surface area contributed by atoms with E-state index >= 15 is 0 Å². The molecule has 172 valence electrons. The number of benzene rings is 3. The first kappa shape index (κ1) is 23.8. The van der Waals surface area contributed by atoms with Crippen LogP contribution in [0.4, 0.5) is 5.69 Å². The molecule has 0 bridgehead atoms. The molecule has 0 fully saturated rings. The predicted molar refractivity (Wildman–Crippen MR) is 127 cm³/mol. The summed E-state index contributed by atoms with van der Waals surface area (Å²) in [4.78, 5) is 51.2. The lowest BCUT2D eigenvalue weighted by atomic mass is 10.1. The van der Waals surface area contributed by atoms with Gasteiger partial charge in [0.05, 0.1) is 39.0 Å². The van der Waals surface area contributed by atoms with Crippen molar-refractivity contribution in [1.82, 2.24) is 4.90 Å². The molecule has 0 saturated heterocycles. The number of hydrogen-bond donors (Lipinski definition) is 1. The summed E-state index contributed by atoms with van der Waals surface area (Å²) >= 11 is 17.8. The summed E-state index contributed by atoms with van der Waals surface area (Å²) in [6.07, 6.45) is 0. The van der Waals surface area contributed by atoms with Crippen LogP contribution in [0.2, 0.25) is 15.1 Å². The molecule has 0 aromatic heterocycles. The van der Waals surface area contributed by atoms with Gasteiger partial charge in [0.2, 0.25) is 0 Å². The molecular weight excluding hydrogens is 503 g/mol. The highest BCUT2D eigenvalue weighted by Crippen LogP contribution is 2.29. The van der Waals surface area contributed by atoms with Crippen molar-refractivity contribution < 1.29 is 23.9 Å². The van der Waals surface area contributed by atoms with E-state index in [1.807, 2.05) is 0 Å². The SMILES string of the molecule is O=C(COC(=O)c1ccc2c(c1)C(=O)N(Cc1ccc(Cl)cc1)C2=O)Nc1cccc(Cl)c1Cl. The molecule has 0 radical (unpaired) electrons. The molecule has 34 heavy (non-hydrogen) atoms. The fraction of sp³-hybridized carbons (Fsp3) is 0.0833. The highest BCUT2D eigenvalue weighted by Gasteiger charge is 2.36. The maximum atomic E-state index is 12.8. The van der Waals surface area contributed by atoms with Crippen LogP contribution >= 0.6 is 34.8 Å².